The molecule has 1 rings (SSSR count). The van der Waals surface area contributed by atoms with Crippen LogP contribution in [0.3, 0.4) is 0 Å². The normalized spacial score (nSPS) is 12.8. The Morgan fingerprint density at radius 2 is 1.82 bits per heavy atom. The van der Waals surface area contributed by atoms with Gasteiger partial charge in [-0.15, -0.1) is 12.4 Å². The minimum Gasteiger partial charge on any atom is -0.491 e. The minimum absolute atomic E-state index is 0. The van der Waals surface area contributed by atoms with E-state index in [4.69, 9.17) is 15.2 Å². The number of nitrogens with two attached hydrogens (primary N) is 1. The number of nitrogens with zero attached hydrogens (tertiary/aromatic N) is 1. The summed E-state index contributed by atoms with van der Waals surface area (Å²) in [6, 6.07) is 6.09. The van der Waals surface area contributed by atoms with E-state index in [1.807, 2.05) is 6.92 Å². The van der Waals surface area contributed by atoms with Crippen molar-refractivity contribution in [1.29, 1.82) is 0 Å². The van der Waals surface area contributed by atoms with Crippen molar-refractivity contribution in [1.82, 2.24) is 4.31 Å². The van der Waals surface area contributed by atoms with Crippen LogP contribution < -0.4 is 10.5 Å². The molecule has 1 unspecified atom stereocenters. The highest BCUT2D eigenvalue weighted by atomic mass is 35.5. The number of hydrogen-bond donors (Lipinski definition) is 1. The zero-order valence-corrected chi connectivity index (χ0v) is 14.8. The van der Waals surface area contributed by atoms with Gasteiger partial charge in [-0.05, 0) is 38.1 Å². The van der Waals surface area contributed by atoms with Gasteiger partial charge >= 0.3 is 0 Å². The molecule has 0 aliphatic heterocycles. The molecular formula is C14H25ClN2O4S. The van der Waals surface area contributed by atoms with E-state index in [1.54, 1.807) is 19.1 Å². The molecule has 2 N–H and O–H groups in total. The van der Waals surface area contributed by atoms with Crippen LogP contribution in [-0.4, -0.2) is 52.2 Å². The molecule has 8 heteroatoms. The number of likely N-dealkylation sites (N-methyl/N-ethyl adjacent to an activating group) is 1. The van der Waals surface area contributed by atoms with Gasteiger partial charge in [-0.2, -0.15) is 4.31 Å². The van der Waals surface area contributed by atoms with Gasteiger partial charge in [0.1, 0.15) is 12.4 Å². The van der Waals surface area contributed by atoms with Gasteiger partial charge in [-0.25, -0.2) is 8.42 Å². The number of benzene rings is 1. The monoisotopic (exact) mass is 352 g/mol. The maximum Gasteiger partial charge on any atom is 0.243 e. The van der Waals surface area contributed by atoms with Gasteiger partial charge in [0.25, 0.3) is 0 Å². The number of halogens is 1. The fourth-order valence-corrected chi connectivity index (χ4v) is 2.99. The Morgan fingerprint density at radius 3 is 2.32 bits per heavy atom. The highest BCUT2D eigenvalue weighted by Gasteiger charge is 2.24. The highest BCUT2D eigenvalue weighted by molar-refractivity contribution is 7.89. The molecule has 22 heavy (non-hydrogen) atoms. The molecule has 128 valence electrons. The lowest BCUT2D eigenvalue weighted by Crippen LogP contribution is -2.39. The SMILES string of the molecule is CCOCCOc1ccc(S(=O)(=O)N(C)C(C)CN)cc1.Cl. The summed E-state index contributed by atoms with van der Waals surface area (Å²) in [6.45, 7) is 5.54. The van der Waals surface area contributed by atoms with Gasteiger partial charge in [-0.3, -0.25) is 0 Å². The summed E-state index contributed by atoms with van der Waals surface area (Å²) in [6.07, 6.45) is 0. The van der Waals surface area contributed by atoms with Crippen LogP contribution in [0.1, 0.15) is 13.8 Å². The second kappa shape index (κ2) is 10.0. The lowest BCUT2D eigenvalue weighted by atomic mass is 10.3. The standard InChI is InChI=1S/C14H24N2O4S.ClH/c1-4-19-9-10-20-13-5-7-14(8-6-13)21(17,18)16(3)12(2)11-15;/h5-8,12H,4,9-11,15H2,1-3H3;1H. The summed E-state index contributed by atoms with van der Waals surface area (Å²) < 4.78 is 36.6. The van der Waals surface area contributed by atoms with E-state index >= 15 is 0 Å². The molecule has 0 radical (unpaired) electrons. The Hall–Kier alpha value is -0.860. The third-order valence-corrected chi connectivity index (χ3v) is 5.15. The van der Waals surface area contributed by atoms with Crippen LogP contribution in [0.5, 0.6) is 5.75 Å². The number of rotatable bonds is 9. The third kappa shape index (κ3) is 5.73. The number of sulfonamides is 1. The van der Waals surface area contributed by atoms with Crippen LogP contribution in [-0.2, 0) is 14.8 Å². The molecule has 0 bridgehead atoms. The van der Waals surface area contributed by atoms with Crippen molar-refractivity contribution in [2.75, 3.05) is 33.4 Å². The zero-order valence-electron chi connectivity index (χ0n) is 13.2. The van der Waals surface area contributed by atoms with Crippen molar-refractivity contribution in [3.05, 3.63) is 24.3 Å². The van der Waals surface area contributed by atoms with Crippen molar-refractivity contribution in [2.24, 2.45) is 5.73 Å². The Labute approximate surface area is 139 Å². The Balaban J connectivity index is 0.00000441. The van der Waals surface area contributed by atoms with Crippen LogP contribution in [0.4, 0.5) is 0 Å². The van der Waals surface area contributed by atoms with Gasteiger partial charge in [0.2, 0.25) is 10.0 Å². The van der Waals surface area contributed by atoms with Crippen LogP contribution in [0.15, 0.2) is 29.2 Å². The minimum atomic E-state index is -3.52. The predicted octanol–water partition coefficient (Wildman–Crippen LogP) is 1.49. The van der Waals surface area contributed by atoms with E-state index in [0.717, 1.165) is 0 Å². The molecule has 0 heterocycles. The van der Waals surface area contributed by atoms with E-state index in [0.29, 0.717) is 25.6 Å². The fraction of sp³-hybridized carbons (Fsp3) is 0.571. The van der Waals surface area contributed by atoms with Crippen molar-refractivity contribution in [2.45, 2.75) is 24.8 Å². The van der Waals surface area contributed by atoms with Crippen LogP contribution in [0, 0.1) is 0 Å². The highest BCUT2D eigenvalue weighted by Crippen LogP contribution is 2.20. The Bertz CT molecular complexity index is 522. The van der Waals surface area contributed by atoms with Gasteiger partial charge in [0.15, 0.2) is 0 Å². The quantitative estimate of drug-likeness (QED) is 0.681. The number of hydrogen-bond acceptors (Lipinski definition) is 5. The summed E-state index contributed by atoms with van der Waals surface area (Å²) in [5.41, 5.74) is 5.51. The van der Waals surface area contributed by atoms with Gasteiger partial charge in [0, 0.05) is 26.2 Å². The molecule has 0 saturated carbocycles. The second-order valence-corrected chi connectivity index (χ2v) is 6.62. The summed E-state index contributed by atoms with van der Waals surface area (Å²) in [7, 11) is -2.00. The molecule has 0 aliphatic carbocycles. The van der Waals surface area contributed by atoms with E-state index in [1.165, 1.54) is 23.5 Å². The first-order valence-electron chi connectivity index (χ1n) is 6.92. The molecule has 1 atom stereocenters. The molecule has 6 nitrogen and oxygen atoms in total. The van der Waals surface area contributed by atoms with Crippen LogP contribution in [0.2, 0.25) is 0 Å². The summed E-state index contributed by atoms with van der Waals surface area (Å²) in [5.74, 6) is 0.614. The van der Waals surface area contributed by atoms with E-state index in [-0.39, 0.29) is 29.9 Å². The van der Waals surface area contributed by atoms with Crippen molar-refractivity contribution < 1.29 is 17.9 Å². The second-order valence-electron chi connectivity index (χ2n) is 4.62. The first-order valence-corrected chi connectivity index (χ1v) is 8.36. The molecule has 1 aromatic carbocycles. The molecule has 1 aromatic rings. The first kappa shape index (κ1) is 21.1. The topological polar surface area (TPSA) is 81.9 Å². The van der Waals surface area contributed by atoms with Crippen molar-refractivity contribution in [3.8, 4) is 5.75 Å². The molecule has 0 fully saturated rings. The maximum absolute atomic E-state index is 12.4. The Kier molecular flexibility index (Phi) is 9.63. The summed E-state index contributed by atoms with van der Waals surface area (Å²) in [5, 5.41) is 0. The van der Waals surface area contributed by atoms with Gasteiger partial charge in [0.05, 0.1) is 11.5 Å². The van der Waals surface area contributed by atoms with E-state index < -0.39 is 10.0 Å². The van der Waals surface area contributed by atoms with Crippen LogP contribution >= 0.6 is 12.4 Å². The molecule has 0 aliphatic rings. The lowest BCUT2D eigenvalue weighted by molar-refractivity contribution is 0.110. The van der Waals surface area contributed by atoms with Gasteiger partial charge < -0.3 is 15.2 Å². The zero-order chi connectivity index (χ0) is 15.9. The van der Waals surface area contributed by atoms with Crippen molar-refractivity contribution in [3.63, 3.8) is 0 Å². The molecule has 0 amide bonds. The molecule has 0 spiro atoms. The fourth-order valence-electron chi connectivity index (χ4n) is 1.62. The van der Waals surface area contributed by atoms with E-state index in [2.05, 4.69) is 0 Å². The first-order chi connectivity index (χ1) is 9.93. The molecular weight excluding hydrogens is 328 g/mol. The number of ether oxygens (including phenoxy) is 2. The van der Waals surface area contributed by atoms with Crippen LogP contribution in [0.25, 0.3) is 0 Å². The molecule has 0 saturated heterocycles. The smallest absolute Gasteiger partial charge is 0.243 e. The Morgan fingerprint density at radius 1 is 1.23 bits per heavy atom. The summed E-state index contributed by atoms with van der Waals surface area (Å²) in [4.78, 5) is 0.224. The van der Waals surface area contributed by atoms with E-state index in [9.17, 15) is 8.42 Å². The van der Waals surface area contributed by atoms with Crippen molar-refractivity contribution >= 4 is 22.4 Å². The van der Waals surface area contributed by atoms with Gasteiger partial charge in [-0.1, -0.05) is 0 Å². The average Bonchev–Trinajstić information content (AvgIpc) is 2.50. The molecule has 0 aromatic heterocycles. The third-order valence-electron chi connectivity index (χ3n) is 3.16. The summed E-state index contributed by atoms with van der Waals surface area (Å²) >= 11 is 0. The average molecular weight is 353 g/mol. The largest absolute Gasteiger partial charge is 0.491 e. The predicted molar refractivity (Wildman–Crippen MR) is 89.1 cm³/mol. The lowest BCUT2D eigenvalue weighted by Gasteiger charge is -2.23. The maximum atomic E-state index is 12.4.